The molecular weight excluding hydrogens is 245 g/mol. The monoisotopic (exact) mass is 255 g/mol. The van der Waals surface area contributed by atoms with Crippen LogP contribution in [0, 0.1) is 5.82 Å². The summed E-state index contributed by atoms with van der Waals surface area (Å²) in [5.74, 6) is -0.216. The van der Waals surface area contributed by atoms with Gasteiger partial charge in [-0.15, -0.1) is 11.3 Å². The Morgan fingerprint density at radius 3 is 2.50 bits per heavy atom. The topological polar surface area (TPSA) is 12.9 Å². The first-order valence-corrected chi connectivity index (χ1v) is 6.42. The molecule has 0 bridgehead atoms. The number of nitrogens with zero attached hydrogens (tertiary/aromatic N) is 1. The Bertz CT molecular complexity index is 665. The quantitative estimate of drug-likeness (QED) is 0.652. The van der Waals surface area contributed by atoms with Gasteiger partial charge in [-0.2, -0.15) is 0 Å². The molecule has 0 radical (unpaired) electrons. The minimum atomic E-state index is -0.216. The van der Waals surface area contributed by atoms with E-state index in [1.54, 1.807) is 23.5 Å². The SMILES string of the molecule is Fc1ccc(C=Cc2nc3ccccc3s2)cc1. The highest BCUT2D eigenvalue weighted by Gasteiger charge is 1.99. The van der Waals surface area contributed by atoms with Crippen molar-refractivity contribution in [1.29, 1.82) is 0 Å². The lowest BCUT2D eigenvalue weighted by atomic mass is 10.2. The van der Waals surface area contributed by atoms with Crippen LogP contribution in [-0.2, 0) is 0 Å². The minimum Gasteiger partial charge on any atom is -0.237 e. The van der Waals surface area contributed by atoms with Gasteiger partial charge in [-0.1, -0.05) is 30.3 Å². The zero-order chi connectivity index (χ0) is 12.4. The standard InChI is InChI=1S/C15H10FNS/c16-12-8-5-11(6-9-12)7-10-15-17-13-3-1-2-4-14(13)18-15/h1-10H. The Balaban J connectivity index is 1.89. The summed E-state index contributed by atoms with van der Waals surface area (Å²) in [7, 11) is 0. The molecule has 0 aliphatic rings. The van der Waals surface area contributed by atoms with Crippen molar-refractivity contribution in [1.82, 2.24) is 4.98 Å². The molecule has 0 saturated heterocycles. The van der Waals surface area contributed by atoms with Crippen LogP contribution < -0.4 is 0 Å². The normalized spacial score (nSPS) is 11.4. The molecule has 18 heavy (non-hydrogen) atoms. The highest BCUT2D eigenvalue weighted by Crippen LogP contribution is 2.23. The largest absolute Gasteiger partial charge is 0.237 e. The smallest absolute Gasteiger partial charge is 0.123 e. The predicted octanol–water partition coefficient (Wildman–Crippen LogP) is 4.61. The molecule has 0 N–H and O–H groups in total. The van der Waals surface area contributed by atoms with E-state index in [0.29, 0.717) is 0 Å². The van der Waals surface area contributed by atoms with Crippen molar-refractivity contribution in [3.05, 3.63) is 64.9 Å². The fraction of sp³-hybridized carbons (Fsp3) is 0. The van der Waals surface area contributed by atoms with Crippen LogP contribution in [0.2, 0.25) is 0 Å². The Kier molecular flexibility index (Phi) is 2.90. The average molecular weight is 255 g/mol. The Hall–Kier alpha value is -2.00. The van der Waals surface area contributed by atoms with Crippen molar-refractivity contribution >= 4 is 33.7 Å². The molecule has 0 atom stereocenters. The molecule has 0 spiro atoms. The average Bonchev–Trinajstić information content (AvgIpc) is 2.81. The summed E-state index contributed by atoms with van der Waals surface area (Å²) in [6, 6.07) is 14.5. The fourth-order valence-electron chi connectivity index (χ4n) is 1.70. The molecule has 3 rings (SSSR count). The molecule has 3 aromatic rings. The minimum absolute atomic E-state index is 0.216. The van der Waals surface area contributed by atoms with Crippen molar-refractivity contribution in [3.8, 4) is 0 Å². The third-order valence-corrected chi connectivity index (χ3v) is 3.60. The van der Waals surface area contributed by atoms with Crippen LogP contribution >= 0.6 is 11.3 Å². The van der Waals surface area contributed by atoms with E-state index in [-0.39, 0.29) is 5.82 Å². The van der Waals surface area contributed by atoms with Gasteiger partial charge < -0.3 is 0 Å². The number of benzene rings is 2. The van der Waals surface area contributed by atoms with E-state index >= 15 is 0 Å². The zero-order valence-corrected chi connectivity index (χ0v) is 10.3. The fourth-order valence-corrected chi connectivity index (χ4v) is 2.57. The van der Waals surface area contributed by atoms with E-state index in [1.165, 1.54) is 16.8 Å². The van der Waals surface area contributed by atoms with E-state index in [1.807, 2.05) is 30.4 Å². The molecule has 0 unspecified atom stereocenters. The maximum Gasteiger partial charge on any atom is 0.123 e. The number of para-hydroxylation sites is 1. The second-order valence-electron chi connectivity index (χ2n) is 3.90. The third-order valence-electron chi connectivity index (χ3n) is 2.60. The summed E-state index contributed by atoms with van der Waals surface area (Å²) in [6.07, 6.45) is 3.90. The van der Waals surface area contributed by atoms with Gasteiger partial charge in [0.15, 0.2) is 0 Å². The Morgan fingerprint density at radius 1 is 0.944 bits per heavy atom. The van der Waals surface area contributed by atoms with Crippen LogP contribution in [-0.4, -0.2) is 4.98 Å². The lowest BCUT2D eigenvalue weighted by Crippen LogP contribution is -1.74. The predicted molar refractivity (Wildman–Crippen MR) is 74.9 cm³/mol. The van der Waals surface area contributed by atoms with E-state index < -0.39 is 0 Å². The molecule has 1 heterocycles. The highest BCUT2D eigenvalue weighted by atomic mass is 32.1. The number of hydrogen-bond acceptors (Lipinski definition) is 2. The summed E-state index contributed by atoms with van der Waals surface area (Å²) < 4.78 is 13.9. The molecule has 0 aliphatic carbocycles. The van der Waals surface area contributed by atoms with Gasteiger partial charge >= 0.3 is 0 Å². The van der Waals surface area contributed by atoms with Gasteiger partial charge in [-0.25, -0.2) is 9.37 Å². The molecular formula is C15H10FNS. The van der Waals surface area contributed by atoms with E-state index in [0.717, 1.165) is 16.1 Å². The van der Waals surface area contributed by atoms with Gasteiger partial charge in [0, 0.05) is 0 Å². The molecule has 0 fully saturated rings. The lowest BCUT2D eigenvalue weighted by Gasteiger charge is -1.91. The van der Waals surface area contributed by atoms with Gasteiger partial charge in [-0.05, 0) is 35.9 Å². The van der Waals surface area contributed by atoms with Crippen LogP contribution in [0.25, 0.3) is 22.4 Å². The maximum atomic E-state index is 12.8. The van der Waals surface area contributed by atoms with Crippen molar-refractivity contribution in [2.24, 2.45) is 0 Å². The molecule has 1 nitrogen and oxygen atoms in total. The van der Waals surface area contributed by atoms with E-state index in [4.69, 9.17) is 0 Å². The molecule has 0 saturated carbocycles. The van der Waals surface area contributed by atoms with Crippen molar-refractivity contribution < 1.29 is 4.39 Å². The van der Waals surface area contributed by atoms with Gasteiger partial charge in [-0.3, -0.25) is 0 Å². The second-order valence-corrected chi connectivity index (χ2v) is 4.97. The van der Waals surface area contributed by atoms with Crippen LogP contribution in [0.4, 0.5) is 4.39 Å². The first kappa shape index (κ1) is 11.1. The summed E-state index contributed by atoms with van der Waals surface area (Å²) >= 11 is 1.65. The second kappa shape index (κ2) is 4.70. The summed E-state index contributed by atoms with van der Waals surface area (Å²) in [6.45, 7) is 0. The van der Waals surface area contributed by atoms with Crippen LogP contribution in [0.5, 0.6) is 0 Å². The van der Waals surface area contributed by atoms with Gasteiger partial charge in [0.2, 0.25) is 0 Å². The van der Waals surface area contributed by atoms with Crippen LogP contribution in [0.1, 0.15) is 10.6 Å². The molecule has 2 aromatic carbocycles. The number of halogens is 1. The summed E-state index contributed by atoms with van der Waals surface area (Å²) in [4.78, 5) is 4.50. The molecule has 3 heteroatoms. The van der Waals surface area contributed by atoms with Crippen LogP contribution in [0.3, 0.4) is 0 Å². The van der Waals surface area contributed by atoms with Crippen molar-refractivity contribution in [2.45, 2.75) is 0 Å². The zero-order valence-electron chi connectivity index (χ0n) is 9.51. The molecule has 1 aromatic heterocycles. The molecule has 0 aliphatic heterocycles. The first-order chi connectivity index (χ1) is 8.81. The highest BCUT2D eigenvalue weighted by molar-refractivity contribution is 7.19. The molecule has 0 amide bonds. The van der Waals surface area contributed by atoms with Gasteiger partial charge in [0.25, 0.3) is 0 Å². The Morgan fingerprint density at radius 2 is 1.72 bits per heavy atom. The van der Waals surface area contributed by atoms with Gasteiger partial charge in [0.1, 0.15) is 10.8 Å². The number of fused-ring (bicyclic) bond motifs is 1. The lowest BCUT2D eigenvalue weighted by molar-refractivity contribution is 0.628. The van der Waals surface area contributed by atoms with E-state index in [9.17, 15) is 4.39 Å². The summed E-state index contributed by atoms with van der Waals surface area (Å²) in [5.41, 5.74) is 1.98. The first-order valence-electron chi connectivity index (χ1n) is 5.60. The van der Waals surface area contributed by atoms with E-state index in [2.05, 4.69) is 11.1 Å². The maximum absolute atomic E-state index is 12.8. The van der Waals surface area contributed by atoms with Crippen molar-refractivity contribution in [3.63, 3.8) is 0 Å². The molecule has 88 valence electrons. The van der Waals surface area contributed by atoms with Crippen LogP contribution in [0.15, 0.2) is 48.5 Å². The van der Waals surface area contributed by atoms with Crippen molar-refractivity contribution in [2.75, 3.05) is 0 Å². The summed E-state index contributed by atoms with van der Waals surface area (Å²) in [5, 5.41) is 0.959. The number of rotatable bonds is 2. The number of hydrogen-bond donors (Lipinski definition) is 0. The number of aromatic nitrogens is 1. The van der Waals surface area contributed by atoms with Gasteiger partial charge in [0.05, 0.1) is 10.2 Å². The third kappa shape index (κ3) is 2.31. The number of thiazole rings is 1. The Labute approximate surface area is 108 Å².